The van der Waals surface area contributed by atoms with Gasteiger partial charge in [0.15, 0.2) is 5.78 Å². The number of carbonyl (C=O) groups excluding carboxylic acids is 1. The van der Waals surface area contributed by atoms with Gasteiger partial charge in [0, 0.05) is 23.8 Å². The maximum absolute atomic E-state index is 12.1. The van der Waals surface area contributed by atoms with Crippen molar-refractivity contribution in [2.24, 2.45) is 0 Å². The number of ketones is 1. The van der Waals surface area contributed by atoms with Crippen LogP contribution in [0.2, 0.25) is 0 Å². The van der Waals surface area contributed by atoms with E-state index in [1.54, 1.807) is 38.5 Å². The molecular weight excluding hydrogens is 298 g/mol. The van der Waals surface area contributed by atoms with Crippen LogP contribution in [-0.4, -0.2) is 24.9 Å². The van der Waals surface area contributed by atoms with Gasteiger partial charge in [-0.3, -0.25) is 14.9 Å². The Morgan fingerprint density at radius 1 is 1.04 bits per heavy atom. The van der Waals surface area contributed by atoms with Crippen LogP contribution in [0.25, 0.3) is 6.08 Å². The van der Waals surface area contributed by atoms with E-state index >= 15 is 0 Å². The minimum atomic E-state index is -0.507. The van der Waals surface area contributed by atoms with Crippen LogP contribution in [0.15, 0.2) is 48.5 Å². The van der Waals surface area contributed by atoms with Gasteiger partial charge in [-0.25, -0.2) is 0 Å². The number of methoxy groups -OCH3 is 2. The van der Waals surface area contributed by atoms with Crippen molar-refractivity contribution >= 4 is 17.5 Å². The number of non-ortho nitro benzene ring substituents is 1. The molecule has 0 amide bonds. The number of ether oxygens (including phenoxy) is 2. The van der Waals surface area contributed by atoms with Crippen molar-refractivity contribution in [3.63, 3.8) is 0 Å². The van der Waals surface area contributed by atoms with Gasteiger partial charge in [-0.05, 0) is 35.9 Å². The molecular formula is C17H15NO5. The lowest BCUT2D eigenvalue weighted by Crippen LogP contribution is -1.95. The Kier molecular flexibility index (Phi) is 5.09. The molecule has 2 rings (SSSR count). The van der Waals surface area contributed by atoms with Crippen LogP contribution in [0, 0.1) is 10.1 Å². The second kappa shape index (κ2) is 7.22. The highest BCUT2D eigenvalue weighted by Gasteiger charge is 2.07. The number of carbonyl (C=O) groups is 1. The van der Waals surface area contributed by atoms with Crippen LogP contribution in [0.3, 0.4) is 0 Å². The topological polar surface area (TPSA) is 78.7 Å². The molecule has 118 valence electrons. The number of hydrogen-bond donors (Lipinski definition) is 0. The van der Waals surface area contributed by atoms with Gasteiger partial charge >= 0.3 is 0 Å². The highest BCUT2D eigenvalue weighted by atomic mass is 16.6. The van der Waals surface area contributed by atoms with Crippen molar-refractivity contribution in [2.45, 2.75) is 0 Å². The number of nitrogens with zero attached hydrogens (tertiary/aromatic N) is 1. The van der Waals surface area contributed by atoms with E-state index in [4.69, 9.17) is 9.47 Å². The third-order valence-electron chi connectivity index (χ3n) is 3.16. The molecule has 2 aromatic carbocycles. The first-order chi connectivity index (χ1) is 11.0. The first kappa shape index (κ1) is 16.2. The fraction of sp³-hybridized carbons (Fsp3) is 0.118. The van der Waals surface area contributed by atoms with E-state index in [9.17, 15) is 14.9 Å². The summed E-state index contributed by atoms with van der Waals surface area (Å²) in [5.41, 5.74) is 1.07. The van der Waals surface area contributed by atoms with Crippen LogP contribution >= 0.6 is 0 Å². The standard InChI is InChI=1S/C17H15NO5/c1-22-15-9-12(10-16(11-15)23-2)3-8-17(19)13-4-6-14(7-5-13)18(20)21/h3-11H,1-2H3/b8-3+. The largest absolute Gasteiger partial charge is 0.497 e. The Labute approximate surface area is 133 Å². The van der Waals surface area contributed by atoms with E-state index in [-0.39, 0.29) is 11.5 Å². The second-order valence-electron chi connectivity index (χ2n) is 4.65. The molecule has 0 atom stereocenters. The van der Waals surface area contributed by atoms with Crippen LogP contribution in [0.4, 0.5) is 5.69 Å². The van der Waals surface area contributed by atoms with Crippen LogP contribution in [-0.2, 0) is 0 Å². The fourth-order valence-corrected chi connectivity index (χ4v) is 1.94. The summed E-state index contributed by atoms with van der Waals surface area (Å²) in [6, 6.07) is 10.7. The lowest BCUT2D eigenvalue weighted by atomic mass is 10.1. The molecule has 6 nitrogen and oxygen atoms in total. The Morgan fingerprint density at radius 3 is 2.09 bits per heavy atom. The smallest absolute Gasteiger partial charge is 0.269 e. The molecule has 0 unspecified atom stereocenters. The first-order valence-electron chi connectivity index (χ1n) is 6.73. The molecule has 0 aliphatic carbocycles. The van der Waals surface area contributed by atoms with Gasteiger partial charge in [-0.15, -0.1) is 0 Å². The number of nitro benzene ring substituents is 1. The highest BCUT2D eigenvalue weighted by Crippen LogP contribution is 2.23. The molecule has 0 aliphatic rings. The monoisotopic (exact) mass is 313 g/mol. The minimum absolute atomic E-state index is 0.0527. The highest BCUT2D eigenvalue weighted by molar-refractivity contribution is 6.06. The summed E-state index contributed by atoms with van der Waals surface area (Å²) in [6.07, 6.45) is 3.03. The Hall–Kier alpha value is -3.15. The minimum Gasteiger partial charge on any atom is -0.497 e. The van der Waals surface area contributed by atoms with Crippen molar-refractivity contribution in [1.82, 2.24) is 0 Å². The zero-order valence-corrected chi connectivity index (χ0v) is 12.7. The van der Waals surface area contributed by atoms with Crippen molar-refractivity contribution in [1.29, 1.82) is 0 Å². The molecule has 0 aliphatic heterocycles. The lowest BCUT2D eigenvalue weighted by Gasteiger charge is -2.05. The van der Waals surface area contributed by atoms with Crippen molar-refractivity contribution in [3.8, 4) is 11.5 Å². The van der Waals surface area contributed by atoms with Crippen LogP contribution < -0.4 is 9.47 Å². The van der Waals surface area contributed by atoms with Gasteiger partial charge < -0.3 is 9.47 Å². The van der Waals surface area contributed by atoms with Crippen LogP contribution in [0.1, 0.15) is 15.9 Å². The zero-order valence-electron chi connectivity index (χ0n) is 12.7. The molecule has 0 fully saturated rings. The summed E-state index contributed by atoms with van der Waals surface area (Å²) < 4.78 is 10.3. The Bertz CT molecular complexity index is 728. The maximum Gasteiger partial charge on any atom is 0.269 e. The van der Waals surface area contributed by atoms with E-state index in [0.29, 0.717) is 17.1 Å². The lowest BCUT2D eigenvalue weighted by molar-refractivity contribution is -0.384. The molecule has 6 heteroatoms. The normalized spacial score (nSPS) is 10.5. The summed E-state index contributed by atoms with van der Waals surface area (Å²) in [5.74, 6) is 0.986. The van der Waals surface area contributed by atoms with E-state index < -0.39 is 4.92 Å². The van der Waals surface area contributed by atoms with E-state index in [1.165, 1.54) is 30.3 Å². The van der Waals surface area contributed by atoms with Gasteiger partial charge in [-0.1, -0.05) is 6.08 Å². The Balaban J connectivity index is 2.19. The molecule has 23 heavy (non-hydrogen) atoms. The van der Waals surface area contributed by atoms with E-state index in [0.717, 1.165) is 5.56 Å². The average Bonchev–Trinajstić information content (AvgIpc) is 2.59. The summed E-state index contributed by atoms with van der Waals surface area (Å²) >= 11 is 0. The van der Waals surface area contributed by atoms with Crippen molar-refractivity contribution in [2.75, 3.05) is 14.2 Å². The number of benzene rings is 2. The van der Waals surface area contributed by atoms with Gasteiger partial charge in [0.2, 0.25) is 0 Å². The van der Waals surface area contributed by atoms with Crippen LogP contribution in [0.5, 0.6) is 11.5 Å². The quantitative estimate of drug-likeness (QED) is 0.353. The van der Waals surface area contributed by atoms with Gasteiger partial charge in [-0.2, -0.15) is 0 Å². The summed E-state index contributed by atoms with van der Waals surface area (Å²) in [7, 11) is 3.09. The molecule has 0 radical (unpaired) electrons. The number of rotatable bonds is 6. The number of allylic oxidation sites excluding steroid dienone is 1. The number of hydrogen-bond acceptors (Lipinski definition) is 5. The molecule has 0 saturated carbocycles. The maximum atomic E-state index is 12.1. The Morgan fingerprint density at radius 2 is 1.61 bits per heavy atom. The predicted molar refractivity (Wildman–Crippen MR) is 86.0 cm³/mol. The van der Waals surface area contributed by atoms with Crippen molar-refractivity contribution < 1.29 is 19.2 Å². The molecule has 0 N–H and O–H groups in total. The third kappa shape index (κ3) is 4.16. The third-order valence-corrected chi connectivity index (χ3v) is 3.16. The molecule has 0 saturated heterocycles. The predicted octanol–water partition coefficient (Wildman–Crippen LogP) is 3.51. The summed E-state index contributed by atoms with van der Waals surface area (Å²) in [4.78, 5) is 22.2. The fourth-order valence-electron chi connectivity index (χ4n) is 1.94. The van der Waals surface area contributed by atoms with Crippen molar-refractivity contribution in [3.05, 3.63) is 69.8 Å². The molecule has 0 bridgehead atoms. The molecule has 2 aromatic rings. The first-order valence-corrected chi connectivity index (χ1v) is 6.73. The van der Waals surface area contributed by atoms with E-state index in [1.807, 2.05) is 0 Å². The summed E-state index contributed by atoms with van der Waals surface area (Å²) in [5, 5.41) is 10.6. The van der Waals surface area contributed by atoms with Gasteiger partial charge in [0.05, 0.1) is 19.1 Å². The SMILES string of the molecule is COc1cc(/C=C/C(=O)c2ccc([N+](=O)[O-])cc2)cc(OC)c1. The average molecular weight is 313 g/mol. The van der Waals surface area contributed by atoms with Gasteiger partial charge in [0.1, 0.15) is 11.5 Å². The molecule has 0 heterocycles. The summed E-state index contributed by atoms with van der Waals surface area (Å²) in [6.45, 7) is 0. The number of nitro groups is 1. The van der Waals surface area contributed by atoms with Gasteiger partial charge in [0.25, 0.3) is 5.69 Å². The molecule has 0 aromatic heterocycles. The van der Waals surface area contributed by atoms with E-state index in [2.05, 4.69) is 0 Å². The molecule has 0 spiro atoms. The second-order valence-corrected chi connectivity index (χ2v) is 4.65. The zero-order chi connectivity index (χ0) is 16.8.